The molecule has 0 fully saturated rings. The van der Waals surface area contributed by atoms with Crippen molar-refractivity contribution in [2.45, 2.75) is 6.54 Å². The van der Waals surface area contributed by atoms with Gasteiger partial charge in [-0.25, -0.2) is 15.0 Å². The standard InChI is InChI=1S/C16H11BrClN7/c17-10-1-2-12(20-5-10)7-21-15-13-16(23-8-22-13)25-14(24-15)9-3-11(18)6-19-4-9/h1-6,8H,7H2,(H2,21,22,23,24,25)/i/hD. The minimum Gasteiger partial charge on any atom is -0.362 e. The second-order valence-electron chi connectivity index (χ2n) is 5.15. The number of fused-ring (bicyclic) bond motifs is 1. The van der Waals surface area contributed by atoms with E-state index in [-0.39, 0.29) is 0 Å². The molecule has 0 spiro atoms. The summed E-state index contributed by atoms with van der Waals surface area (Å²) in [6, 6.07) is 5.54. The highest BCUT2D eigenvalue weighted by Gasteiger charge is 2.12. The van der Waals surface area contributed by atoms with Crippen LogP contribution < -0.4 is 5.32 Å². The minimum absolute atomic E-state index is 0.390. The lowest BCUT2D eigenvalue weighted by atomic mass is 10.2. The molecule has 4 rings (SSSR count). The summed E-state index contributed by atoms with van der Waals surface area (Å²) in [5.41, 5.74) is 2.40. The maximum atomic E-state index is 7.94. The number of imidazole rings is 1. The van der Waals surface area contributed by atoms with Crippen LogP contribution in [0.25, 0.3) is 22.6 Å². The Morgan fingerprint density at radius 3 is 2.92 bits per heavy atom. The monoisotopic (exact) mass is 416 g/mol. The fourth-order valence-corrected chi connectivity index (χ4v) is 2.67. The van der Waals surface area contributed by atoms with Crippen LogP contribution in [0.5, 0.6) is 0 Å². The second-order valence-corrected chi connectivity index (χ2v) is 6.51. The van der Waals surface area contributed by atoms with Crippen molar-refractivity contribution in [1.82, 2.24) is 29.9 Å². The summed E-state index contributed by atoms with van der Waals surface area (Å²) >= 11 is 9.38. The number of aromatic nitrogens is 6. The van der Waals surface area contributed by atoms with Crippen LogP contribution >= 0.6 is 27.5 Å². The van der Waals surface area contributed by atoms with Crippen LogP contribution in [0.2, 0.25) is 6.43 Å². The highest BCUT2D eigenvalue weighted by Crippen LogP contribution is 2.24. The molecule has 7 nitrogen and oxygen atoms in total. The molecule has 4 aromatic heterocycles. The van der Waals surface area contributed by atoms with Crippen LogP contribution in [0.1, 0.15) is 5.69 Å². The maximum absolute atomic E-state index is 7.94. The van der Waals surface area contributed by atoms with Gasteiger partial charge in [-0.15, -0.1) is 0 Å². The first-order valence-corrected chi connectivity index (χ1v) is 8.47. The van der Waals surface area contributed by atoms with Crippen molar-refractivity contribution in [2.75, 3.05) is 5.32 Å². The molecule has 0 bridgehead atoms. The van der Waals surface area contributed by atoms with Gasteiger partial charge in [0.15, 0.2) is 18.7 Å². The lowest BCUT2D eigenvalue weighted by molar-refractivity contribution is 1.02. The number of rotatable bonds is 4. The molecule has 0 aliphatic heterocycles. The van der Waals surface area contributed by atoms with Crippen LogP contribution in [0.3, 0.4) is 0 Å². The van der Waals surface area contributed by atoms with E-state index < -0.39 is 0 Å². The van der Waals surface area contributed by atoms with Crippen LogP contribution in [-0.2, 0) is 6.54 Å². The van der Waals surface area contributed by atoms with Gasteiger partial charge in [0.2, 0.25) is 0 Å². The number of hydrogen-bond donors (Lipinski definition) is 2. The molecule has 124 valence electrons. The number of aromatic amines is 1. The highest BCUT2D eigenvalue weighted by molar-refractivity contribution is 9.10. The molecule has 25 heavy (non-hydrogen) atoms. The molecule has 2 N–H and O–H groups in total. The zero-order valence-electron chi connectivity index (χ0n) is 13.7. The zero-order valence-corrected chi connectivity index (χ0v) is 15.0. The summed E-state index contributed by atoms with van der Waals surface area (Å²) in [7, 11) is 0. The zero-order chi connectivity index (χ0) is 18.1. The third-order valence-electron chi connectivity index (χ3n) is 3.42. The van der Waals surface area contributed by atoms with Crippen LogP contribution in [0.4, 0.5) is 5.82 Å². The number of halogens is 2. The molecule has 0 atom stereocenters. The molecule has 0 unspecified atom stereocenters. The number of nitrogens with one attached hydrogen (secondary N) is 2. The van der Waals surface area contributed by atoms with Crippen LogP contribution in [0.15, 0.2) is 47.6 Å². The van der Waals surface area contributed by atoms with E-state index in [0.29, 0.717) is 39.9 Å². The molecule has 9 heteroatoms. The molecule has 0 saturated heterocycles. The predicted octanol–water partition coefficient (Wildman–Crippen LogP) is 3.84. The molecule has 0 saturated carbocycles. The number of nitrogens with zero attached hydrogens (tertiary/aromatic N) is 5. The van der Waals surface area contributed by atoms with Gasteiger partial charge in [0.25, 0.3) is 0 Å². The van der Waals surface area contributed by atoms with Crippen molar-refractivity contribution in [1.29, 1.82) is 0 Å². The first-order valence-electron chi connectivity index (χ1n) is 7.74. The van der Waals surface area contributed by atoms with E-state index in [1.807, 2.05) is 12.1 Å². The Morgan fingerprint density at radius 1 is 1.20 bits per heavy atom. The Balaban J connectivity index is 1.74. The number of hydrogen-bond acceptors (Lipinski definition) is 6. The Morgan fingerprint density at radius 2 is 2.12 bits per heavy atom. The van der Waals surface area contributed by atoms with Gasteiger partial charge < -0.3 is 10.3 Å². The molecular weight excluding hydrogens is 406 g/mol. The Labute approximate surface area is 157 Å². The van der Waals surface area contributed by atoms with E-state index in [1.165, 1.54) is 12.5 Å². The molecule has 4 aromatic rings. The molecule has 0 aromatic carbocycles. The summed E-state index contributed by atoms with van der Waals surface area (Å²) in [5, 5.41) is 3.71. The van der Waals surface area contributed by atoms with E-state index in [0.717, 1.165) is 15.1 Å². The van der Waals surface area contributed by atoms with Gasteiger partial charge in [-0.2, -0.15) is 0 Å². The van der Waals surface area contributed by atoms with Gasteiger partial charge in [-0.05, 0) is 34.1 Å². The van der Waals surface area contributed by atoms with E-state index in [4.69, 9.17) is 13.0 Å². The first-order chi connectivity index (χ1) is 12.6. The van der Waals surface area contributed by atoms with Gasteiger partial charge in [0, 0.05) is 28.6 Å². The van der Waals surface area contributed by atoms with Crippen molar-refractivity contribution in [3.63, 3.8) is 0 Å². The summed E-state index contributed by atoms with van der Waals surface area (Å²) < 4.78 is 8.85. The van der Waals surface area contributed by atoms with E-state index in [9.17, 15) is 0 Å². The van der Waals surface area contributed by atoms with Gasteiger partial charge in [0.1, 0.15) is 5.52 Å². The quantitative estimate of drug-likeness (QED) is 0.524. The predicted molar refractivity (Wildman–Crippen MR) is 99.2 cm³/mol. The fraction of sp³-hybridized carbons (Fsp3) is 0.0625. The SMILES string of the molecule is [2H]n1cnc2c(NCc3ccc(Br)cn3)nc(-c3cncc(Cl)c3)nc21. The first kappa shape index (κ1) is 14.7. The summed E-state index contributed by atoms with van der Waals surface area (Å²) in [6.07, 6.45) is 6.27. The Kier molecular flexibility index (Phi) is 3.97. The average Bonchev–Trinajstić information content (AvgIpc) is 3.02. The molecule has 0 aliphatic carbocycles. The molecular formula is C16H11BrClN7. The number of anilines is 1. The van der Waals surface area contributed by atoms with Crippen LogP contribution in [0, 0.1) is 0 Å². The fourth-order valence-electron chi connectivity index (χ4n) is 2.26. The Hall–Kier alpha value is -2.58. The van der Waals surface area contributed by atoms with Crippen molar-refractivity contribution < 1.29 is 1.41 Å². The van der Waals surface area contributed by atoms with Gasteiger partial charge >= 0.3 is 0 Å². The van der Waals surface area contributed by atoms with Gasteiger partial charge in [0.05, 0.1) is 23.6 Å². The minimum atomic E-state index is 0.390. The normalized spacial score (nSPS) is 11.5. The highest BCUT2D eigenvalue weighted by atomic mass is 79.9. The lowest BCUT2D eigenvalue weighted by Crippen LogP contribution is -2.05. The summed E-state index contributed by atoms with van der Waals surface area (Å²) in [6.45, 7) is 0.456. The van der Waals surface area contributed by atoms with Crippen molar-refractivity contribution >= 4 is 44.5 Å². The Bertz CT molecular complexity index is 1080. The summed E-state index contributed by atoms with van der Waals surface area (Å²) in [5.74, 6) is 0.924. The second kappa shape index (κ2) is 6.73. The van der Waals surface area contributed by atoms with Crippen molar-refractivity contribution in [3.05, 3.63) is 58.3 Å². The van der Waals surface area contributed by atoms with Crippen molar-refractivity contribution in [2.24, 2.45) is 0 Å². The third-order valence-corrected chi connectivity index (χ3v) is 4.10. The maximum Gasteiger partial charge on any atom is 0.169 e. The van der Waals surface area contributed by atoms with E-state index >= 15 is 0 Å². The van der Waals surface area contributed by atoms with E-state index in [1.54, 1.807) is 18.5 Å². The largest absolute Gasteiger partial charge is 0.362 e. The summed E-state index contributed by atoms with van der Waals surface area (Å²) in [4.78, 5) is 22.7. The van der Waals surface area contributed by atoms with Crippen LogP contribution in [-0.4, -0.2) is 29.9 Å². The molecule has 0 amide bonds. The molecule has 0 radical (unpaired) electrons. The topological polar surface area (TPSA) is 92.3 Å². The van der Waals surface area contributed by atoms with E-state index in [2.05, 4.69) is 46.2 Å². The van der Waals surface area contributed by atoms with Gasteiger partial charge in [-0.3, -0.25) is 9.97 Å². The lowest BCUT2D eigenvalue weighted by Gasteiger charge is -2.08. The number of H-pyrrole nitrogens is 1. The molecule has 0 aliphatic rings. The molecule has 4 heterocycles. The average molecular weight is 418 g/mol. The number of pyridine rings is 2. The van der Waals surface area contributed by atoms with Crippen molar-refractivity contribution in [3.8, 4) is 11.4 Å². The van der Waals surface area contributed by atoms with Gasteiger partial charge in [-0.1, -0.05) is 11.6 Å². The smallest absolute Gasteiger partial charge is 0.169 e. The third kappa shape index (κ3) is 3.45.